The number of rotatable bonds is 5. The van der Waals surface area contributed by atoms with E-state index in [0.29, 0.717) is 20.9 Å². The number of carbonyl (C=O) groups excluding carboxylic acids is 3. The van der Waals surface area contributed by atoms with Crippen LogP contribution >= 0.6 is 27.3 Å². The molecule has 8 nitrogen and oxygen atoms in total. The zero-order valence-electron chi connectivity index (χ0n) is 15.8. The Morgan fingerprint density at radius 1 is 1.29 bits per heavy atom. The minimum absolute atomic E-state index is 0.00368. The minimum atomic E-state index is -0.831. The number of Topliss-reactive ketones (excluding diaryl/α,β-unsaturated/α-hetero) is 2. The number of halogens is 2. The number of hydrogen-bond acceptors (Lipinski definition) is 7. The Morgan fingerprint density at radius 3 is 2.90 bits per heavy atom. The Hall–Kier alpha value is -3.05. The molecule has 5 rings (SSSR count). The van der Waals surface area contributed by atoms with Crippen molar-refractivity contribution in [1.82, 2.24) is 24.9 Å². The molecular weight excluding hydrogens is 489 g/mol. The van der Waals surface area contributed by atoms with Crippen LogP contribution in [0.3, 0.4) is 0 Å². The number of aromatic nitrogens is 4. The summed E-state index contributed by atoms with van der Waals surface area (Å²) in [4.78, 5) is 42.9. The number of amides is 1. The number of para-hydroxylation sites is 1. The highest BCUT2D eigenvalue weighted by Crippen LogP contribution is 2.40. The third-order valence-electron chi connectivity index (χ3n) is 5.06. The maximum absolute atomic E-state index is 13.7. The quantitative estimate of drug-likeness (QED) is 0.393. The molecule has 0 radical (unpaired) electrons. The van der Waals surface area contributed by atoms with Crippen molar-refractivity contribution in [1.29, 1.82) is 0 Å². The summed E-state index contributed by atoms with van der Waals surface area (Å²) in [6.45, 7) is -0.0566. The molecule has 0 N–H and O–H groups in total. The van der Waals surface area contributed by atoms with Crippen LogP contribution in [0.25, 0.3) is 10.2 Å². The lowest BCUT2D eigenvalue weighted by Crippen LogP contribution is -2.26. The average molecular weight is 502 g/mol. The molecule has 31 heavy (non-hydrogen) atoms. The molecule has 1 amide bonds. The van der Waals surface area contributed by atoms with Gasteiger partial charge in [0.2, 0.25) is 11.6 Å². The molecule has 1 saturated heterocycles. The molecule has 1 fully saturated rings. The molecule has 1 atom stereocenters. The van der Waals surface area contributed by atoms with E-state index < -0.39 is 23.4 Å². The summed E-state index contributed by atoms with van der Waals surface area (Å²) >= 11 is 4.56. The Labute approximate surface area is 187 Å². The molecule has 0 bridgehead atoms. The summed E-state index contributed by atoms with van der Waals surface area (Å²) in [5, 5.41) is 8.36. The van der Waals surface area contributed by atoms with Gasteiger partial charge in [-0.2, -0.15) is 0 Å². The van der Waals surface area contributed by atoms with Gasteiger partial charge in [-0.15, -0.1) is 16.4 Å². The molecule has 1 aliphatic carbocycles. The van der Waals surface area contributed by atoms with E-state index in [2.05, 4.69) is 31.2 Å². The van der Waals surface area contributed by atoms with Crippen LogP contribution in [-0.4, -0.2) is 42.4 Å². The lowest BCUT2D eigenvalue weighted by atomic mass is 9.95. The van der Waals surface area contributed by atoms with Gasteiger partial charge in [-0.25, -0.2) is 14.1 Å². The highest BCUT2D eigenvalue weighted by atomic mass is 79.9. The van der Waals surface area contributed by atoms with E-state index in [4.69, 9.17) is 0 Å². The summed E-state index contributed by atoms with van der Waals surface area (Å²) in [5.41, 5.74) is 1.59. The summed E-state index contributed by atoms with van der Waals surface area (Å²) < 4.78 is 16.4. The monoisotopic (exact) mass is 501 g/mol. The number of carbonyl (C=O) groups is 3. The van der Waals surface area contributed by atoms with E-state index in [1.165, 1.54) is 27.0 Å². The van der Waals surface area contributed by atoms with Gasteiger partial charge in [-0.3, -0.25) is 14.4 Å². The molecule has 0 saturated carbocycles. The molecule has 156 valence electrons. The lowest BCUT2D eigenvalue weighted by molar-refractivity contribution is -0.140. The second-order valence-corrected chi connectivity index (χ2v) is 9.04. The molecule has 11 heteroatoms. The number of nitrogens with zero attached hydrogens (tertiary/aromatic N) is 5. The third-order valence-corrected chi connectivity index (χ3v) is 6.78. The summed E-state index contributed by atoms with van der Waals surface area (Å²) in [7, 11) is 0. The fourth-order valence-electron chi connectivity index (χ4n) is 3.67. The van der Waals surface area contributed by atoms with Crippen LogP contribution in [0.1, 0.15) is 21.9 Å². The SMILES string of the molecule is O=C(Cn1cc(CN2C(=O)C(=O)C3CC(F)=CC(Br)=C32)nn1)c1nc2ccccc2s1. The van der Waals surface area contributed by atoms with Crippen LogP contribution in [-0.2, 0) is 22.7 Å². The molecular formula is C20H13BrFN5O3S. The van der Waals surface area contributed by atoms with Gasteiger partial charge in [0.1, 0.15) is 18.1 Å². The molecule has 1 aromatic carbocycles. The standard InChI is InChI=1S/C20H13BrFN5O3S/c21-13-6-10(22)5-12-17(13)27(20(30)18(12)29)8-11-7-26(25-24-11)9-15(28)19-23-14-3-1-2-4-16(14)31-19/h1-4,6-7,12H,5,8-9H2. The highest BCUT2D eigenvalue weighted by Gasteiger charge is 2.46. The minimum Gasteiger partial charge on any atom is -0.302 e. The molecule has 3 heterocycles. The van der Waals surface area contributed by atoms with E-state index in [1.54, 1.807) is 6.20 Å². The van der Waals surface area contributed by atoms with Crippen molar-refractivity contribution in [3.05, 3.63) is 63.2 Å². The first-order valence-electron chi connectivity index (χ1n) is 9.30. The number of thiazole rings is 1. The summed E-state index contributed by atoms with van der Waals surface area (Å²) in [6.07, 6.45) is 2.68. The van der Waals surface area contributed by atoms with Gasteiger partial charge in [0.05, 0.1) is 28.9 Å². The predicted molar refractivity (Wildman–Crippen MR) is 113 cm³/mol. The Balaban J connectivity index is 1.34. The molecule has 3 aromatic rings. The maximum Gasteiger partial charge on any atom is 0.295 e. The van der Waals surface area contributed by atoms with Crippen molar-refractivity contribution in [3.8, 4) is 0 Å². The van der Waals surface area contributed by atoms with Crippen molar-refractivity contribution in [3.63, 3.8) is 0 Å². The van der Waals surface area contributed by atoms with Gasteiger partial charge in [-0.05, 0) is 34.1 Å². The van der Waals surface area contributed by atoms with E-state index in [9.17, 15) is 18.8 Å². The molecule has 1 aliphatic heterocycles. The number of allylic oxidation sites excluding steroid dienone is 4. The van der Waals surface area contributed by atoms with Gasteiger partial charge in [-0.1, -0.05) is 17.3 Å². The number of ketones is 2. The van der Waals surface area contributed by atoms with E-state index in [-0.39, 0.29) is 25.3 Å². The van der Waals surface area contributed by atoms with Gasteiger partial charge < -0.3 is 4.90 Å². The largest absolute Gasteiger partial charge is 0.302 e. The first-order chi connectivity index (χ1) is 14.9. The third kappa shape index (κ3) is 3.53. The number of fused-ring (bicyclic) bond motifs is 2. The van der Waals surface area contributed by atoms with Gasteiger partial charge in [0.25, 0.3) is 5.91 Å². The summed E-state index contributed by atoms with van der Waals surface area (Å²) in [5.74, 6) is -2.84. The first-order valence-corrected chi connectivity index (χ1v) is 10.9. The van der Waals surface area contributed by atoms with Crippen LogP contribution in [0, 0.1) is 5.92 Å². The molecule has 0 spiro atoms. The number of hydrogen-bond donors (Lipinski definition) is 0. The van der Waals surface area contributed by atoms with Crippen molar-refractivity contribution >= 4 is 55.0 Å². The normalized spacial score (nSPS) is 18.7. The molecule has 2 aliphatic rings. The van der Waals surface area contributed by atoms with Crippen LogP contribution in [0.4, 0.5) is 4.39 Å². The van der Waals surface area contributed by atoms with E-state index in [0.717, 1.165) is 10.2 Å². The maximum atomic E-state index is 13.7. The fraction of sp³-hybridized carbons (Fsp3) is 0.200. The summed E-state index contributed by atoms with van der Waals surface area (Å²) in [6, 6.07) is 7.49. The second-order valence-electron chi connectivity index (χ2n) is 7.15. The van der Waals surface area contributed by atoms with Crippen LogP contribution in [0.2, 0.25) is 0 Å². The predicted octanol–water partition coefficient (Wildman–Crippen LogP) is 3.16. The Kier molecular flexibility index (Phi) is 4.86. The Bertz CT molecular complexity index is 1290. The van der Waals surface area contributed by atoms with Gasteiger partial charge >= 0.3 is 0 Å². The molecule has 1 unspecified atom stereocenters. The number of likely N-dealkylation sites (tertiary alicyclic amines) is 1. The lowest BCUT2D eigenvalue weighted by Gasteiger charge is -2.21. The highest BCUT2D eigenvalue weighted by molar-refractivity contribution is 9.11. The van der Waals surface area contributed by atoms with Gasteiger partial charge in [0, 0.05) is 16.6 Å². The van der Waals surface area contributed by atoms with Crippen molar-refractivity contribution in [2.45, 2.75) is 19.5 Å². The van der Waals surface area contributed by atoms with Crippen LogP contribution in [0.5, 0.6) is 0 Å². The van der Waals surface area contributed by atoms with Gasteiger partial charge in [0.15, 0.2) is 5.01 Å². The average Bonchev–Trinajstić information content (AvgIpc) is 3.42. The smallest absolute Gasteiger partial charge is 0.295 e. The Morgan fingerprint density at radius 2 is 2.10 bits per heavy atom. The fourth-order valence-corrected chi connectivity index (χ4v) is 5.30. The number of benzene rings is 1. The zero-order chi connectivity index (χ0) is 21.7. The van der Waals surface area contributed by atoms with Crippen LogP contribution in [0.15, 0.2) is 52.5 Å². The van der Waals surface area contributed by atoms with E-state index in [1.807, 2.05) is 24.3 Å². The van der Waals surface area contributed by atoms with Crippen LogP contribution < -0.4 is 0 Å². The van der Waals surface area contributed by atoms with Crippen molar-refractivity contribution in [2.24, 2.45) is 5.92 Å². The second kappa shape index (κ2) is 7.57. The topological polar surface area (TPSA) is 98.1 Å². The zero-order valence-corrected chi connectivity index (χ0v) is 18.2. The first kappa shape index (κ1) is 19.9. The van der Waals surface area contributed by atoms with E-state index >= 15 is 0 Å². The van der Waals surface area contributed by atoms with Crippen molar-refractivity contribution < 1.29 is 18.8 Å². The molecule has 2 aromatic heterocycles. The van der Waals surface area contributed by atoms with Crippen molar-refractivity contribution in [2.75, 3.05) is 0 Å².